The lowest BCUT2D eigenvalue weighted by molar-refractivity contribution is -0.134. The first-order chi connectivity index (χ1) is 9.20. The lowest BCUT2D eigenvalue weighted by Gasteiger charge is -2.21. The molecule has 5 nitrogen and oxygen atoms in total. The van der Waals surface area contributed by atoms with E-state index in [1.807, 2.05) is 24.3 Å². The number of aliphatic hydroxyl groups excluding tert-OH is 1. The van der Waals surface area contributed by atoms with E-state index >= 15 is 0 Å². The van der Waals surface area contributed by atoms with Gasteiger partial charge in [-0.1, -0.05) is 12.1 Å². The van der Waals surface area contributed by atoms with Crippen LogP contribution in [0.2, 0.25) is 0 Å². The second kappa shape index (κ2) is 6.33. The fourth-order valence-corrected chi connectivity index (χ4v) is 2.16. The van der Waals surface area contributed by atoms with Gasteiger partial charge < -0.3 is 10.4 Å². The molecule has 1 aliphatic rings. The minimum atomic E-state index is -0.232. The van der Waals surface area contributed by atoms with Crippen molar-refractivity contribution < 1.29 is 14.7 Å². The zero-order chi connectivity index (χ0) is 13.7. The average Bonchev–Trinajstić information content (AvgIpc) is 2.40. The van der Waals surface area contributed by atoms with Gasteiger partial charge in [0, 0.05) is 25.3 Å². The van der Waals surface area contributed by atoms with Gasteiger partial charge in [-0.25, -0.2) is 0 Å². The van der Waals surface area contributed by atoms with E-state index in [9.17, 15) is 9.59 Å². The number of benzene rings is 1. The Morgan fingerprint density at radius 3 is 2.63 bits per heavy atom. The van der Waals surface area contributed by atoms with Gasteiger partial charge in [0.2, 0.25) is 11.8 Å². The van der Waals surface area contributed by atoms with Crippen LogP contribution in [0.5, 0.6) is 0 Å². The number of anilines is 1. The minimum absolute atomic E-state index is 0.168. The third-order valence-corrected chi connectivity index (χ3v) is 3.22. The number of imide groups is 1. The van der Waals surface area contributed by atoms with Gasteiger partial charge in [-0.3, -0.25) is 14.9 Å². The Labute approximate surface area is 112 Å². The molecule has 0 aromatic heterocycles. The molecule has 0 bridgehead atoms. The SMILES string of the molecule is O=C1CCC(c2ccc(NCCCO)cc2)C(=O)N1. The fraction of sp³-hybridized carbons (Fsp3) is 0.429. The van der Waals surface area contributed by atoms with Gasteiger partial charge in [-0.2, -0.15) is 0 Å². The summed E-state index contributed by atoms with van der Waals surface area (Å²) in [4.78, 5) is 22.8. The van der Waals surface area contributed by atoms with Crippen LogP contribution in [0.25, 0.3) is 0 Å². The maximum Gasteiger partial charge on any atom is 0.234 e. The summed E-state index contributed by atoms with van der Waals surface area (Å²) < 4.78 is 0. The third kappa shape index (κ3) is 3.54. The van der Waals surface area contributed by atoms with Crippen LogP contribution in [0.1, 0.15) is 30.7 Å². The summed E-state index contributed by atoms with van der Waals surface area (Å²) >= 11 is 0. The highest BCUT2D eigenvalue weighted by molar-refractivity contribution is 6.00. The highest BCUT2D eigenvalue weighted by Crippen LogP contribution is 2.25. The van der Waals surface area contributed by atoms with Crippen LogP contribution in [-0.2, 0) is 9.59 Å². The molecule has 1 aliphatic heterocycles. The Hall–Kier alpha value is -1.88. The highest BCUT2D eigenvalue weighted by atomic mass is 16.3. The van der Waals surface area contributed by atoms with Crippen molar-refractivity contribution in [3.05, 3.63) is 29.8 Å². The zero-order valence-corrected chi connectivity index (χ0v) is 10.7. The summed E-state index contributed by atoms with van der Waals surface area (Å²) in [6, 6.07) is 7.63. The number of piperidine rings is 1. The summed E-state index contributed by atoms with van der Waals surface area (Å²) in [6.45, 7) is 0.885. The molecule has 5 heteroatoms. The number of hydrogen-bond donors (Lipinski definition) is 3. The molecule has 3 N–H and O–H groups in total. The number of rotatable bonds is 5. The van der Waals surface area contributed by atoms with Crippen LogP contribution < -0.4 is 10.6 Å². The number of amides is 2. The largest absolute Gasteiger partial charge is 0.396 e. The molecule has 102 valence electrons. The van der Waals surface area contributed by atoms with Crippen molar-refractivity contribution in [2.75, 3.05) is 18.5 Å². The molecule has 1 aromatic carbocycles. The Balaban J connectivity index is 1.98. The van der Waals surface area contributed by atoms with Crippen LogP contribution in [0.3, 0.4) is 0 Å². The summed E-state index contributed by atoms with van der Waals surface area (Å²) in [5.74, 6) is -0.634. The molecule has 0 radical (unpaired) electrons. The van der Waals surface area contributed by atoms with Gasteiger partial charge in [0.1, 0.15) is 0 Å². The van der Waals surface area contributed by atoms with E-state index < -0.39 is 0 Å². The van der Waals surface area contributed by atoms with Gasteiger partial charge in [0.15, 0.2) is 0 Å². The van der Waals surface area contributed by atoms with Crippen LogP contribution in [0.15, 0.2) is 24.3 Å². The van der Waals surface area contributed by atoms with Crippen LogP contribution >= 0.6 is 0 Å². The van der Waals surface area contributed by atoms with Crippen molar-refractivity contribution in [3.8, 4) is 0 Å². The predicted octanol–water partition coefficient (Wildman–Crippen LogP) is 1.00. The Morgan fingerprint density at radius 2 is 2.00 bits per heavy atom. The molecule has 1 unspecified atom stereocenters. The normalized spacial score (nSPS) is 19.1. The highest BCUT2D eigenvalue weighted by Gasteiger charge is 2.27. The predicted molar refractivity (Wildman–Crippen MR) is 71.8 cm³/mol. The van der Waals surface area contributed by atoms with E-state index in [1.54, 1.807) is 0 Å². The standard InChI is InChI=1S/C14H18N2O3/c17-9-1-8-15-11-4-2-10(3-5-11)12-6-7-13(18)16-14(12)19/h2-5,12,15,17H,1,6-9H2,(H,16,18,19). The lowest BCUT2D eigenvalue weighted by Crippen LogP contribution is -2.39. The monoisotopic (exact) mass is 262 g/mol. The van der Waals surface area contributed by atoms with Gasteiger partial charge >= 0.3 is 0 Å². The van der Waals surface area contributed by atoms with E-state index in [0.717, 1.165) is 11.3 Å². The summed E-state index contributed by atoms with van der Waals surface area (Å²) in [5.41, 5.74) is 1.89. The first-order valence-electron chi connectivity index (χ1n) is 6.49. The maximum absolute atomic E-state index is 11.7. The van der Waals surface area contributed by atoms with E-state index in [0.29, 0.717) is 25.8 Å². The quantitative estimate of drug-likeness (QED) is 0.546. The van der Waals surface area contributed by atoms with Crippen molar-refractivity contribution in [1.29, 1.82) is 0 Å². The van der Waals surface area contributed by atoms with Crippen molar-refractivity contribution in [2.24, 2.45) is 0 Å². The zero-order valence-electron chi connectivity index (χ0n) is 10.7. The molecular weight excluding hydrogens is 244 g/mol. The number of aliphatic hydroxyl groups is 1. The molecule has 1 atom stereocenters. The molecule has 1 aromatic rings. The lowest BCUT2D eigenvalue weighted by atomic mass is 9.90. The van der Waals surface area contributed by atoms with Gasteiger partial charge in [0.05, 0.1) is 5.92 Å². The smallest absolute Gasteiger partial charge is 0.234 e. The van der Waals surface area contributed by atoms with Crippen molar-refractivity contribution in [3.63, 3.8) is 0 Å². The van der Waals surface area contributed by atoms with E-state index in [2.05, 4.69) is 10.6 Å². The molecule has 2 rings (SSSR count). The fourth-order valence-electron chi connectivity index (χ4n) is 2.16. The Bertz CT molecular complexity index is 456. The first kappa shape index (κ1) is 13.5. The summed E-state index contributed by atoms with van der Waals surface area (Å²) in [6.07, 6.45) is 1.67. The van der Waals surface area contributed by atoms with E-state index in [1.165, 1.54) is 0 Å². The summed E-state index contributed by atoms with van der Waals surface area (Å²) in [7, 11) is 0. The molecular formula is C14H18N2O3. The Kier molecular flexibility index (Phi) is 4.52. The van der Waals surface area contributed by atoms with Crippen LogP contribution in [0, 0.1) is 0 Å². The van der Waals surface area contributed by atoms with Gasteiger partial charge in [0.25, 0.3) is 0 Å². The van der Waals surface area contributed by atoms with Gasteiger partial charge in [-0.15, -0.1) is 0 Å². The number of hydrogen-bond acceptors (Lipinski definition) is 4. The molecule has 0 spiro atoms. The number of carbonyl (C=O) groups excluding carboxylic acids is 2. The molecule has 2 amide bonds. The average molecular weight is 262 g/mol. The second-order valence-corrected chi connectivity index (χ2v) is 4.63. The van der Waals surface area contributed by atoms with Gasteiger partial charge in [-0.05, 0) is 30.5 Å². The summed E-state index contributed by atoms with van der Waals surface area (Å²) in [5, 5.41) is 14.2. The number of carbonyl (C=O) groups is 2. The topological polar surface area (TPSA) is 78.4 Å². The first-order valence-corrected chi connectivity index (χ1v) is 6.49. The van der Waals surface area contributed by atoms with E-state index in [-0.39, 0.29) is 24.3 Å². The van der Waals surface area contributed by atoms with E-state index in [4.69, 9.17) is 5.11 Å². The Morgan fingerprint density at radius 1 is 1.26 bits per heavy atom. The minimum Gasteiger partial charge on any atom is -0.396 e. The molecule has 1 saturated heterocycles. The van der Waals surface area contributed by atoms with Crippen LogP contribution in [0.4, 0.5) is 5.69 Å². The second-order valence-electron chi connectivity index (χ2n) is 4.63. The molecule has 0 saturated carbocycles. The molecule has 1 heterocycles. The molecule has 1 fully saturated rings. The maximum atomic E-state index is 11.7. The van der Waals surface area contributed by atoms with Crippen LogP contribution in [-0.4, -0.2) is 30.1 Å². The number of nitrogens with one attached hydrogen (secondary N) is 2. The third-order valence-electron chi connectivity index (χ3n) is 3.22. The molecule has 0 aliphatic carbocycles. The molecule has 19 heavy (non-hydrogen) atoms. The van der Waals surface area contributed by atoms with Crippen molar-refractivity contribution in [2.45, 2.75) is 25.2 Å². The van der Waals surface area contributed by atoms with Crippen molar-refractivity contribution >= 4 is 17.5 Å². The van der Waals surface area contributed by atoms with Crippen molar-refractivity contribution in [1.82, 2.24) is 5.32 Å².